The van der Waals surface area contributed by atoms with Crippen molar-refractivity contribution in [3.05, 3.63) is 54.6 Å². The van der Waals surface area contributed by atoms with E-state index in [2.05, 4.69) is 16.0 Å². The summed E-state index contributed by atoms with van der Waals surface area (Å²) in [7, 11) is 0. The van der Waals surface area contributed by atoms with Gasteiger partial charge in [-0.3, -0.25) is 0 Å². The zero-order valence-corrected chi connectivity index (χ0v) is 17.3. The van der Waals surface area contributed by atoms with Gasteiger partial charge in [0.1, 0.15) is 0 Å². The molecule has 6 nitrogen and oxygen atoms in total. The predicted molar refractivity (Wildman–Crippen MR) is 121 cm³/mol. The first-order valence-corrected chi connectivity index (χ1v) is 11.0. The molecule has 1 atom stereocenters. The quantitative estimate of drug-likeness (QED) is 0.591. The normalized spacial score (nSPS) is 19.3. The molecule has 158 valence electrons. The molecule has 1 heterocycles. The van der Waals surface area contributed by atoms with Gasteiger partial charge in [-0.25, -0.2) is 9.59 Å². The number of urea groups is 2. The second-order valence-electron chi connectivity index (χ2n) is 8.26. The third kappa shape index (κ3) is 5.12. The topological polar surface area (TPSA) is 73.5 Å². The van der Waals surface area contributed by atoms with Crippen LogP contribution in [0.3, 0.4) is 0 Å². The number of amides is 4. The van der Waals surface area contributed by atoms with Gasteiger partial charge in [-0.05, 0) is 61.9 Å². The molecule has 2 aromatic rings. The van der Waals surface area contributed by atoms with Crippen molar-refractivity contribution in [3.8, 4) is 0 Å². The van der Waals surface area contributed by atoms with Crippen LogP contribution >= 0.6 is 0 Å². The van der Waals surface area contributed by atoms with Crippen LogP contribution in [-0.4, -0.2) is 29.5 Å². The third-order valence-corrected chi connectivity index (χ3v) is 6.16. The summed E-state index contributed by atoms with van der Waals surface area (Å²) in [5, 5.41) is 8.64. The highest BCUT2D eigenvalue weighted by molar-refractivity contribution is 6.00. The number of anilines is 3. The maximum absolute atomic E-state index is 13.0. The lowest BCUT2D eigenvalue weighted by Gasteiger charge is -2.34. The van der Waals surface area contributed by atoms with Crippen LogP contribution in [0.25, 0.3) is 0 Å². The van der Waals surface area contributed by atoms with E-state index in [-0.39, 0.29) is 12.1 Å². The first-order valence-electron chi connectivity index (χ1n) is 11.0. The fourth-order valence-corrected chi connectivity index (χ4v) is 4.74. The van der Waals surface area contributed by atoms with Crippen LogP contribution in [0.15, 0.2) is 54.6 Å². The van der Waals surface area contributed by atoms with E-state index in [9.17, 15) is 9.59 Å². The molecule has 0 spiro atoms. The Morgan fingerprint density at radius 3 is 2.17 bits per heavy atom. The Labute approximate surface area is 178 Å². The second-order valence-corrected chi connectivity index (χ2v) is 8.26. The maximum atomic E-state index is 13.0. The fraction of sp³-hybridized carbons (Fsp3) is 0.417. The molecule has 0 aromatic heterocycles. The first kappa shape index (κ1) is 20.3. The monoisotopic (exact) mass is 406 g/mol. The molecule has 1 unspecified atom stereocenters. The van der Waals surface area contributed by atoms with Crippen LogP contribution in [-0.2, 0) is 0 Å². The summed E-state index contributed by atoms with van der Waals surface area (Å²) in [4.78, 5) is 27.2. The van der Waals surface area contributed by atoms with Gasteiger partial charge in [0.05, 0.1) is 0 Å². The lowest BCUT2D eigenvalue weighted by Crippen LogP contribution is -2.43. The zero-order chi connectivity index (χ0) is 20.8. The van der Waals surface area contributed by atoms with Crippen molar-refractivity contribution in [1.82, 2.24) is 4.90 Å². The summed E-state index contributed by atoms with van der Waals surface area (Å²) in [6.45, 7) is 0.824. The lowest BCUT2D eigenvalue weighted by atomic mass is 9.83. The van der Waals surface area contributed by atoms with Gasteiger partial charge < -0.3 is 20.9 Å². The summed E-state index contributed by atoms with van der Waals surface area (Å²) in [6.07, 6.45) is 8.57. The molecule has 2 fully saturated rings. The molecule has 1 aliphatic heterocycles. The van der Waals surface area contributed by atoms with E-state index in [1.807, 2.05) is 47.4 Å². The summed E-state index contributed by atoms with van der Waals surface area (Å²) in [6, 6.07) is 16.6. The van der Waals surface area contributed by atoms with Crippen LogP contribution in [0.2, 0.25) is 0 Å². The van der Waals surface area contributed by atoms with Crippen molar-refractivity contribution >= 4 is 29.1 Å². The number of hydrogen-bond donors (Lipinski definition) is 3. The molecule has 6 heteroatoms. The number of para-hydroxylation sites is 1. The minimum Gasteiger partial charge on any atom is -0.321 e. The van der Waals surface area contributed by atoms with Gasteiger partial charge in [-0.1, -0.05) is 43.5 Å². The standard InChI is InChI=1S/C24H30N4O2/c29-23(25-19-11-5-2-6-12-19)26-20-13-7-14-21(17-20)27-24(30)28-16-8-15-22(28)18-9-3-1-4-10-18/h2,5-7,11-14,17-18,22H,1,3-4,8-10,15-16H2,(H,27,30)(H2,25,26,29). The molecule has 2 aromatic carbocycles. The number of hydrogen-bond acceptors (Lipinski definition) is 2. The van der Waals surface area contributed by atoms with Crippen LogP contribution in [0.4, 0.5) is 26.7 Å². The molecule has 1 aliphatic carbocycles. The highest BCUT2D eigenvalue weighted by Gasteiger charge is 2.35. The van der Waals surface area contributed by atoms with Crippen molar-refractivity contribution in [1.29, 1.82) is 0 Å². The van der Waals surface area contributed by atoms with E-state index < -0.39 is 0 Å². The van der Waals surface area contributed by atoms with Crippen LogP contribution < -0.4 is 16.0 Å². The van der Waals surface area contributed by atoms with Crippen molar-refractivity contribution in [2.24, 2.45) is 5.92 Å². The molecule has 0 radical (unpaired) electrons. The molecule has 4 amide bonds. The largest absolute Gasteiger partial charge is 0.323 e. The number of carbonyl (C=O) groups is 2. The minimum absolute atomic E-state index is 0.0334. The second kappa shape index (κ2) is 9.65. The SMILES string of the molecule is O=C(Nc1ccccc1)Nc1cccc(NC(=O)N2CCCC2C2CCCCC2)c1. The average molecular weight is 407 g/mol. The Kier molecular flexibility index (Phi) is 6.52. The summed E-state index contributed by atoms with van der Waals surface area (Å²) >= 11 is 0. The molecule has 1 saturated carbocycles. The Hall–Kier alpha value is -3.02. The molecule has 4 rings (SSSR count). The highest BCUT2D eigenvalue weighted by Crippen LogP contribution is 2.34. The van der Waals surface area contributed by atoms with E-state index in [0.717, 1.165) is 25.1 Å². The van der Waals surface area contributed by atoms with Gasteiger partial charge in [0, 0.05) is 29.6 Å². The first-order chi connectivity index (χ1) is 14.7. The van der Waals surface area contributed by atoms with Crippen LogP contribution in [0.1, 0.15) is 44.9 Å². The number of likely N-dealkylation sites (tertiary alicyclic amines) is 1. The van der Waals surface area contributed by atoms with Gasteiger partial charge in [-0.2, -0.15) is 0 Å². The zero-order valence-electron chi connectivity index (χ0n) is 17.3. The van der Waals surface area contributed by atoms with Gasteiger partial charge in [-0.15, -0.1) is 0 Å². The Morgan fingerprint density at radius 2 is 1.40 bits per heavy atom. The molecule has 3 N–H and O–H groups in total. The fourth-order valence-electron chi connectivity index (χ4n) is 4.74. The van der Waals surface area contributed by atoms with Crippen molar-refractivity contribution in [2.75, 3.05) is 22.5 Å². The number of carbonyl (C=O) groups excluding carboxylic acids is 2. The van der Waals surface area contributed by atoms with Gasteiger partial charge in [0.25, 0.3) is 0 Å². The van der Waals surface area contributed by atoms with E-state index in [1.54, 1.807) is 12.1 Å². The minimum atomic E-state index is -0.318. The highest BCUT2D eigenvalue weighted by atomic mass is 16.2. The molecule has 30 heavy (non-hydrogen) atoms. The molecule has 2 aliphatic rings. The smallest absolute Gasteiger partial charge is 0.321 e. The van der Waals surface area contributed by atoms with Gasteiger partial charge in [0.2, 0.25) is 0 Å². The van der Waals surface area contributed by atoms with Gasteiger partial charge >= 0.3 is 12.1 Å². The number of nitrogens with one attached hydrogen (secondary N) is 3. The Morgan fingerprint density at radius 1 is 0.733 bits per heavy atom. The van der Waals surface area contributed by atoms with Crippen LogP contribution in [0.5, 0.6) is 0 Å². The summed E-state index contributed by atoms with van der Waals surface area (Å²) < 4.78 is 0. The predicted octanol–water partition coefficient (Wildman–Crippen LogP) is 5.91. The van der Waals surface area contributed by atoms with Crippen molar-refractivity contribution in [3.63, 3.8) is 0 Å². The van der Waals surface area contributed by atoms with Crippen LogP contribution in [0, 0.1) is 5.92 Å². The number of nitrogens with zero attached hydrogens (tertiary/aromatic N) is 1. The number of rotatable bonds is 4. The maximum Gasteiger partial charge on any atom is 0.323 e. The van der Waals surface area contributed by atoms with E-state index >= 15 is 0 Å². The van der Waals surface area contributed by atoms with E-state index in [0.29, 0.717) is 23.3 Å². The Balaban J connectivity index is 1.35. The summed E-state index contributed by atoms with van der Waals surface area (Å²) in [5.41, 5.74) is 2.04. The van der Waals surface area contributed by atoms with E-state index in [1.165, 1.54) is 32.1 Å². The van der Waals surface area contributed by atoms with E-state index in [4.69, 9.17) is 0 Å². The van der Waals surface area contributed by atoms with Gasteiger partial charge in [0.15, 0.2) is 0 Å². The molecular weight excluding hydrogens is 376 g/mol. The molecule has 0 bridgehead atoms. The average Bonchev–Trinajstić information content (AvgIpc) is 3.25. The van der Waals surface area contributed by atoms with Crippen molar-refractivity contribution in [2.45, 2.75) is 51.0 Å². The summed E-state index contributed by atoms with van der Waals surface area (Å²) in [5.74, 6) is 0.640. The lowest BCUT2D eigenvalue weighted by molar-refractivity contribution is 0.166. The Bertz CT molecular complexity index is 865. The molecular formula is C24H30N4O2. The van der Waals surface area contributed by atoms with Crippen molar-refractivity contribution < 1.29 is 9.59 Å². The number of benzene rings is 2. The molecule has 1 saturated heterocycles. The third-order valence-electron chi connectivity index (χ3n) is 6.16.